The van der Waals surface area contributed by atoms with E-state index < -0.39 is 0 Å². The summed E-state index contributed by atoms with van der Waals surface area (Å²) in [5.74, 6) is 0.684. The highest BCUT2D eigenvalue weighted by Crippen LogP contribution is 2.36. The van der Waals surface area contributed by atoms with Gasteiger partial charge < -0.3 is 15.2 Å². The first kappa shape index (κ1) is 18.1. The number of aryl methyl sites for hydroxylation is 1. The van der Waals surface area contributed by atoms with Gasteiger partial charge in [0.1, 0.15) is 17.0 Å². The van der Waals surface area contributed by atoms with E-state index in [0.717, 1.165) is 13.1 Å². The van der Waals surface area contributed by atoms with Crippen LogP contribution in [0.2, 0.25) is 10.0 Å². The first-order chi connectivity index (χ1) is 10.6. The number of benzene rings is 1. The van der Waals surface area contributed by atoms with E-state index in [1.54, 1.807) is 25.1 Å². The van der Waals surface area contributed by atoms with Gasteiger partial charge in [-0.1, -0.05) is 34.4 Å². The van der Waals surface area contributed by atoms with Crippen molar-refractivity contribution in [2.75, 3.05) is 19.6 Å². The molecule has 1 aromatic carbocycles. The quantitative estimate of drug-likeness (QED) is 0.859. The van der Waals surface area contributed by atoms with Crippen molar-refractivity contribution in [1.29, 1.82) is 0 Å². The molecule has 5 nitrogen and oxygen atoms in total. The number of nitrogens with zero attached hydrogens (tertiary/aromatic N) is 1. The maximum atomic E-state index is 12.5. The molecule has 2 N–H and O–H groups in total. The van der Waals surface area contributed by atoms with Crippen molar-refractivity contribution < 1.29 is 9.32 Å². The fourth-order valence-corrected chi connectivity index (χ4v) is 2.93. The van der Waals surface area contributed by atoms with Gasteiger partial charge in [0.25, 0.3) is 5.91 Å². The molecule has 1 aliphatic heterocycles. The van der Waals surface area contributed by atoms with E-state index in [9.17, 15) is 4.79 Å². The van der Waals surface area contributed by atoms with Crippen LogP contribution < -0.4 is 10.6 Å². The second-order valence-corrected chi connectivity index (χ2v) is 6.11. The predicted molar refractivity (Wildman–Crippen MR) is 92.6 cm³/mol. The standard InChI is InChI=1S/C15H15Cl2N3O2.ClH/c1-8-12(15(21)19-7-9-5-18-6-9)14(20-22-8)13-10(16)3-2-4-11(13)17;/h2-4,9,18H,5-7H2,1H3,(H,19,21);1H. The van der Waals surface area contributed by atoms with Gasteiger partial charge in [-0.15, -0.1) is 12.4 Å². The molecule has 0 saturated carbocycles. The smallest absolute Gasteiger partial charge is 0.257 e. The zero-order valence-electron chi connectivity index (χ0n) is 12.4. The molecule has 1 amide bonds. The molecule has 8 heteroatoms. The van der Waals surface area contributed by atoms with E-state index in [-0.39, 0.29) is 18.3 Å². The summed E-state index contributed by atoms with van der Waals surface area (Å²) in [6, 6.07) is 5.15. The number of halogens is 3. The zero-order chi connectivity index (χ0) is 15.7. The Kier molecular flexibility index (Phi) is 5.92. The lowest BCUT2D eigenvalue weighted by Crippen LogP contribution is -2.48. The largest absolute Gasteiger partial charge is 0.360 e. The highest BCUT2D eigenvalue weighted by Gasteiger charge is 2.26. The van der Waals surface area contributed by atoms with Gasteiger partial charge in [-0.05, 0) is 19.1 Å². The lowest BCUT2D eigenvalue weighted by molar-refractivity contribution is 0.0941. The van der Waals surface area contributed by atoms with Crippen LogP contribution in [-0.2, 0) is 0 Å². The summed E-state index contributed by atoms with van der Waals surface area (Å²) in [6.45, 7) is 4.16. The number of rotatable bonds is 4. The molecule has 2 heterocycles. The van der Waals surface area contributed by atoms with Crippen LogP contribution in [0.1, 0.15) is 16.1 Å². The minimum absolute atomic E-state index is 0. The zero-order valence-corrected chi connectivity index (χ0v) is 14.7. The summed E-state index contributed by atoms with van der Waals surface area (Å²) < 4.78 is 5.19. The van der Waals surface area contributed by atoms with Crippen LogP contribution in [0.5, 0.6) is 0 Å². The molecule has 1 aromatic heterocycles. The number of hydrogen-bond acceptors (Lipinski definition) is 4. The maximum absolute atomic E-state index is 12.5. The van der Waals surface area contributed by atoms with Crippen LogP contribution >= 0.6 is 35.6 Å². The summed E-state index contributed by atoms with van der Waals surface area (Å²) in [5.41, 5.74) is 1.26. The van der Waals surface area contributed by atoms with Crippen LogP contribution in [0.15, 0.2) is 22.7 Å². The monoisotopic (exact) mass is 375 g/mol. The first-order valence-corrected chi connectivity index (χ1v) is 7.73. The summed E-state index contributed by atoms with van der Waals surface area (Å²) in [6.07, 6.45) is 0. The highest BCUT2D eigenvalue weighted by atomic mass is 35.5. The number of hydrogen-bond donors (Lipinski definition) is 2. The molecule has 0 radical (unpaired) electrons. The number of carbonyl (C=O) groups is 1. The molecule has 3 rings (SSSR count). The lowest BCUT2D eigenvalue weighted by atomic mass is 10.0. The molecule has 124 valence electrons. The second kappa shape index (κ2) is 7.53. The fourth-order valence-electron chi connectivity index (χ4n) is 2.35. The summed E-state index contributed by atoms with van der Waals surface area (Å²) in [4.78, 5) is 12.5. The molecule has 1 saturated heterocycles. The van der Waals surface area contributed by atoms with Crippen molar-refractivity contribution in [3.05, 3.63) is 39.6 Å². The van der Waals surface area contributed by atoms with Crippen LogP contribution in [0, 0.1) is 12.8 Å². The highest BCUT2D eigenvalue weighted by molar-refractivity contribution is 6.39. The van der Waals surface area contributed by atoms with Crippen molar-refractivity contribution in [2.45, 2.75) is 6.92 Å². The van der Waals surface area contributed by atoms with E-state index in [0.29, 0.717) is 45.1 Å². The van der Waals surface area contributed by atoms with E-state index in [1.807, 2.05) is 0 Å². The van der Waals surface area contributed by atoms with Crippen LogP contribution in [0.3, 0.4) is 0 Å². The minimum atomic E-state index is -0.225. The third-order valence-electron chi connectivity index (χ3n) is 3.71. The Bertz CT molecular complexity index is 694. The van der Waals surface area contributed by atoms with Gasteiger partial charge >= 0.3 is 0 Å². The molecular formula is C15H16Cl3N3O2. The topological polar surface area (TPSA) is 67.2 Å². The number of aromatic nitrogens is 1. The average Bonchev–Trinajstić information content (AvgIpc) is 2.78. The van der Waals surface area contributed by atoms with Crippen LogP contribution in [0.4, 0.5) is 0 Å². The van der Waals surface area contributed by atoms with Crippen molar-refractivity contribution >= 4 is 41.5 Å². The Labute approximate surface area is 150 Å². The van der Waals surface area contributed by atoms with Crippen LogP contribution in [-0.4, -0.2) is 30.7 Å². The van der Waals surface area contributed by atoms with Gasteiger partial charge in [-0.25, -0.2) is 0 Å². The summed E-state index contributed by atoms with van der Waals surface area (Å²) in [7, 11) is 0. The van der Waals surface area contributed by atoms with E-state index in [1.165, 1.54) is 0 Å². The molecule has 0 atom stereocenters. The van der Waals surface area contributed by atoms with Gasteiger partial charge in [0.2, 0.25) is 0 Å². The van der Waals surface area contributed by atoms with Crippen LogP contribution in [0.25, 0.3) is 11.3 Å². The predicted octanol–water partition coefficient (Wildman–Crippen LogP) is 3.33. The maximum Gasteiger partial charge on any atom is 0.257 e. The lowest BCUT2D eigenvalue weighted by Gasteiger charge is -2.27. The van der Waals surface area contributed by atoms with E-state index in [4.69, 9.17) is 27.7 Å². The minimum Gasteiger partial charge on any atom is -0.360 e. The van der Waals surface area contributed by atoms with E-state index >= 15 is 0 Å². The Morgan fingerprint density at radius 1 is 1.39 bits per heavy atom. The molecule has 1 fully saturated rings. The van der Waals surface area contributed by atoms with Crippen molar-refractivity contribution in [3.63, 3.8) is 0 Å². The average molecular weight is 377 g/mol. The Hall–Kier alpha value is -1.27. The molecule has 0 bridgehead atoms. The van der Waals surface area contributed by atoms with Crippen molar-refractivity contribution in [3.8, 4) is 11.3 Å². The van der Waals surface area contributed by atoms with Gasteiger partial charge in [0.15, 0.2) is 0 Å². The van der Waals surface area contributed by atoms with Gasteiger partial charge in [0, 0.05) is 31.1 Å². The number of nitrogens with one attached hydrogen (secondary N) is 2. The van der Waals surface area contributed by atoms with Gasteiger partial charge in [0.05, 0.1) is 10.0 Å². The number of carbonyl (C=O) groups excluding carboxylic acids is 1. The SMILES string of the molecule is Cc1onc(-c2c(Cl)cccc2Cl)c1C(=O)NCC1CNC1.Cl. The number of amides is 1. The fraction of sp³-hybridized carbons (Fsp3) is 0.333. The third-order valence-corrected chi connectivity index (χ3v) is 4.34. The van der Waals surface area contributed by atoms with E-state index in [2.05, 4.69) is 15.8 Å². The van der Waals surface area contributed by atoms with Gasteiger partial charge in [-0.3, -0.25) is 4.79 Å². The Balaban J connectivity index is 0.00000192. The van der Waals surface area contributed by atoms with Crippen molar-refractivity contribution in [2.24, 2.45) is 5.92 Å². The van der Waals surface area contributed by atoms with Gasteiger partial charge in [-0.2, -0.15) is 0 Å². The molecular weight excluding hydrogens is 361 g/mol. The molecule has 0 spiro atoms. The molecule has 0 unspecified atom stereocenters. The molecule has 2 aromatic rings. The second-order valence-electron chi connectivity index (χ2n) is 5.29. The Morgan fingerprint density at radius 3 is 2.61 bits per heavy atom. The normalized spacial score (nSPS) is 14.0. The molecule has 23 heavy (non-hydrogen) atoms. The summed E-state index contributed by atoms with van der Waals surface area (Å²) in [5, 5.41) is 10.9. The third kappa shape index (κ3) is 3.63. The molecule has 1 aliphatic rings. The van der Waals surface area contributed by atoms with Crippen molar-refractivity contribution in [1.82, 2.24) is 15.8 Å². The first-order valence-electron chi connectivity index (χ1n) is 6.97. The molecule has 0 aliphatic carbocycles. The Morgan fingerprint density at radius 2 is 2.04 bits per heavy atom. The summed E-state index contributed by atoms with van der Waals surface area (Å²) >= 11 is 12.4.